The first-order valence-electron chi connectivity index (χ1n) is 5.73. The summed E-state index contributed by atoms with van der Waals surface area (Å²) in [5, 5.41) is 2.48. The van der Waals surface area contributed by atoms with Crippen molar-refractivity contribution in [3.8, 4) is 0 Å². The number of nitrogens with one attached hydrogen (secondary N) is 1. The first-order valence-corrected chi connectivity index (χ1v) is 8.06. The molecule has 4 nitrogen and oxygen atoms in total. The molecular weight excluding hydrogens is 411 g/mol. The predicted molar refractivity (Wildman–Crippen MR) is 78.4 cm³/mol. The summed E-state index contributed by atoms with van der Waals surface area (Å²) in [6.45, 7) is 0. The second-order valence-corrected chi connectivity index (χ2v) is 6.16. The van der Waals surface area contributed by atoms with E-state index in [9.17, 15) is 13.6 Å². The molecule has 106 valence electrons. The molecule has 0 fully saturated rings. The molecule has 1 aliphatic rings. The van der Waals surface area contributed by atoms with Gasteiger partial charge in [-0.1, -0.05) is 0 Å². The molecule has 0 atom stereocenters. The van der Waals surface area contributed by atoms with Gasteiger partial charge in [-0.2, -0.15) is 0 Å². The summed E-state index contributed by atoms with van der Waals surface area (Å²) in [5.74, 6) is -2.73. The van der Waals surface area contributed by atoms with Gasteiger partial charge in [0.05, 0.1) is 0 Å². The van der Waals surface area contributed by atoms with Crippen molar-refractivity contribution in [1.82, 2.24) is 0 Å². The van der Waals surface area contributed by atoms with E-state index in [-0.39, 0.29) is 19.0 Å². The molecule has 0 unspecified atom stereocenters. The van der Waals surface area contributed by atoms with E-state index in [2.05, 4.69) is 29.2 Å². The van der Waals surface area contributed by atoms with E-state index in [1.165, 1.54) is 0 Å². The third-order valence-corrected chi connectivity index (χ3v) is 4.36. The van der Waals surface area contributed by atoms with Crippen molar-refractivity contribution >= 4 is 53.5 Å². The topological polar surface area (TPSA) is 53.8 Å². The summed E-state index contributed by atoms with van der Waals surface area (Å²) in [5.41, 5.74) is 0.979. The van der Waals surface area contributed by atoms with Gasteiger partial charge in [-0.15, -0.1) is 0 Å². The first kappa shape index (κ1) is 14.3. The monoisotopic (exact) mass is 417 g/mol. The van der Waals surface area contributed by atoms with Crippen molar-refractivity contribution in [2.75, 3.05) is 5.32 Å². The number of amides is 1. The van der Waals surface area contributed by atoms with Crippen molar-refractivity contribution in [2.24, 2.45) is 7.92 Å². The van der Waals surface area contributed by atoms with Gasteiger partial charge in [0.25, 0.3) is 0 Å². The van der Waals surface area contributed by atoms with Gasteiger partial charge in [0, 0.05) is 0 Å². The maximum atomic E-state index is 13.8. The number of rotatable bonds is 2. The van der Waals surface area contributed by atoms with Gasteiger partial charge >= 0.3 is 132 Å². The number of hydrogen-bond acceptors (Lipinski definition) is 3. The minimum absolute atomic E-state index is 0.228. The second-order valence-electron chi connectivity index (χ2n) is 4.14. The van der Waals surface area contributed by atoms with Crippen LogP contribution in [0.15, 0.2) is 42.7 Å². The summed E-state index contributed by atoms with van der Waals surface area (Å²) in [6, 6.07) is 7.16. The summed E-state index contributed by atoms with van der Waals surface area (Å²) in [7, 11) is 0. The van der Waals surface area contributed by atoms with Crippen LogP contribution in [-0.4, -0.2) is 20.5 Å². The standard InChI is InChI=1S/C13H6BrF2N3OSe/c14-6-4-7(15)11(8(16)5-6)13(20)17-9-2-1-3-10-12(9)19-21-18-10/h1-5H,(H,17,20). The van der Waals surface area contributed by atoms with Gasteiger partial charge in [0.1, 0.15) is 0 Å². The molecule has 1 heterocycles. The number of anilines is 1. The zero-order chi connectivity index (χ0) is 15.0. The van der Waals surface area contributed by atoms with E-state index >= 15 is 0 Å². The van der Waals surface area contributed by atoms with Gasteiger partial charge in [-0.05, 0) is 0 Å². The Hall–Kier alpha value is -1.63. The Morgan fingerprint density at radius 2 is 1.90 bits per heavy atom. The van der Waals surface area contributed by atoms with E-state index in [1.54, 1.807) is 18.2 Å². The predicted octanol–water partition coefficient (Wildman–Crippen LogP) is 4.33. The number of carbonyl (C=O) groups is 1. The van der Waals surface area contributed by atoms with Gasteiger partial charge < -0.3 is 0 Å². The molecule has 0 aliphatic carbocycles. The van der Waals surface area contributed by atoms with Gasteiger partial charge in [0.15, 0.2) is 0 Å². The van der Waals surface area contributed by atoms with Gasteiger partial charge in [-0.25, -0.2) is 0 Å². The van der Waals surface area contributed by atoms with Crippen LogP contribution in [0.25, 0.3) is 0 Å². The van der Waals surface area contributed by atoms with Crippen molar-refractivity contribution in [1.29, 1.82) is 0 Å². The van der Waals surface area contributed by atoms with E-state index in [0.717, 1.165) is 12.1 Å². The van der Waals surface area contributed by atoms with Crippen LogP contribution in [0.5, 0.6) is 0 Å². The van der Waals surface area contributed by atoms with Gasteiger partial charge in [-0.3, -0.25) is 0 Å². The fraction of sp³-hybridized carbons (Fsp3) is 0. The molecule has 0 saturated heterocycles. The molecule has 0 radical (unpaired) electrons. The van der Waals surface area contributed by atoms with E-state index < -0.39 is 23.1 Å². The number of nitrogens with zero attached hydrogens (tertiary/aromatic N) is 2. The Morgan fingerprint density at radius 1 is 1.19 bits per heavy atom. The summed E-state index contributed by atoms with van der Waals surface area (Å²) >= 11 is 2.71. The van der Waals surface area contributed by atoms with Crippen LogP contribution in [0.2, 0.25) is 0 Å². The van der Waals surface area contributed by atoms with E-state index in [4.69, 9.17) is 0 Å². The molecule has 0 bridgehead atoms. The second kappa shape index (κ2) is 5.63. The molecule has 0 saturated carbocycles. The Kier molecular flexibility index (Phi) is 3.84. The third-order valence-electron chi connectivity index (χ3n) is 2.77. The molecule has 8 heteroatoms. The SMILES string of the molecule is O=C(Nc1cccc2c1N=[Se]=N2)c1c(F)cc(Br)cc1F. The number of halogens is 3. The summed E-state index contributed by atoms with van der Waals surface area (Å²) in [4.78, 5) is 12.1. The van der Waals surface area contributed by atoms with Crippen LogP contribution >= 0.6 is 15.9 Å². The normalized spacial score (nSPS) is 12.0. The first-order chi connectivity index (χ1) is 10.1. The van der Waals surface area contributed by atoms with Crippen molar-refractivity contribution < 1.29 is 13.6 Å². The molecule has 0 aromatic heterocycles. The Morgan fingerprint density at radius 3 is 2.62 bits per heavy atom. The Balaban J connectivity index is 1.96. The molecule has 3 rings (SSSR count). The Bertz CT molecular complexity index is 811. The number of carbonyl (C=O) groups excluding carboxylic acids is 1. The number of hydrogen-bond donors (Lipinski definition) is 1. The quantitative estimate of drug-likeness (QED) is 0.621. The third kappa shape index (κ3) is 2.74. The van der Waals surface area contributed by atoms with Crippen LogP contribution in [-0.2, 0) is 0 Å². The van der Waals surface area contributed by atoms with E-state index in [1.807, 2.05) is 0 Å². The number of benzene rings is 2. The maximum absolute atomic E-state index is 13.8. The van der Waals surface area contributed by atoms with E-state index in [0.29, 0.717) is 17.1 Å². The Labute approximate surface area is 132 Å². The average Bonchev–Trinajstić information content (AvgIpc) is 2.86. The van der Waals surface area contributed by atoms with Crippen molar-refractivity contribution in [3.63, 3.8) is 0 Å². The zero-order valence-corrected chi connectivity index (χ0v) is 13.5. The van der Waals surface area contributed by atoms with Crippen molar-refractivity contribution in [3.05, 3.63) is 52.0 Å². The molecule has 1 aliphatic heterocycles. The summed E-state index contributed by atoms with van der Waals surface area (Å²) in [6.07, 6.45) is 0. The molecule has 1 amide bonds. The molecular formula is C13H6BrF2N3OSe. The average molecular weight is 417 g/mol. The van der Waals surface area contributed by atoms with Crippen LogP contribution in [0.3, 0.4) is 0 Å². The number of fused-ring (bicyclic) bond motifs is 1. The fourth-order valence-electron chi connectivity index (χ4n) is 1.85. The van der Waals surface area contributed by atoms with Gasteiger partial charge in [0.2, 0.25) is 0 Å². The van der Waals surface area contributed by atoms with Crippen molar-refractivity contribution in [2.45, 2.75) is 0 Å². The molecule has 2 aromatic rings. The van der Waals surface area contributed by atoms with Crippen LogP contribution in [0, 0.1) is 11.6 Å². The fourth-order valence-corrected chi connectivity index (χ4v) is 3.41. The zero-order valence-electron chi connectivity index (χ0n) is 10.2. The molecule has 1 N–H and O–H groups in total. The molecule has 21 heavy (non-hydrogen) atoms. The van der Waals surface area contributed by atoms with Crippen LogP contribution in [0.4, 0.5) is 25.8 Å². The molecule has 2 aromatic carbocycles. The van der Waals surface area contributed by atoms with Crippen LogP contribution < -0.4 is 5.32 Å². The summed E-state index contributed by atoms with van der Waals surface area (Å²) < 4.78 is 36.1. The molecule has 0 spiro atoms. The minimum atomic E-state index is -0.933. The van der Waals surface area contributed by atoms with Crippen LogP contribution in [0.1, 0.15) is 10.4 Å².